The molecule has 6 rings (SSSR count). The number of nitrogens with zero attached hydrogens (tertiary/aromatic N) is 5. The Balaban J connectivity index is 1.23. The summed E-state index contributed by atoms with van der Waals surface area (Å²) in [5.74, 6) is 2.13. The fourth-order valence-electron chi connectivity index (χ4n) is 4.97. The van der Waals surface area contributed by atoms with Crippen molar-refractivity contribution < 1.29 is 8.81 Å². The number of anilines is 4. The van der Waals surface area contributed by atoms with Crippen molar-refractivity contribution >= 4 is 45.4 Å². The highest BCUT2D eigenvalue weighted by Crippen LogP contribution is 2.40. The highest BCUT2D eigenvalue weighted by Gasteiger charge is 2.29. The van der Waals surface area contributed by atoms with Crippen molar-refractivity contribution in [2.45, 2.75) is 32.1 Å². The number of nitrogens with one attached hydrogen (secondary N) is 2. The van der Waals surface area contributed by atoms with Crippen LogP contribution in [0.4, 0.5) is 27.3 Å². The standard InChI is InChI=1S/C34H33ClFN7O/c1-4-43(3)31-19-29-26(18-30(31)39-21(2)7-6-14-35)32(38-20-37-29)40-28-13-10-23(17-27(28)36)15-22-8-5-9-25(16-22)34-42-41-33(44-34)24-11-12-24/h5-10,13,16-20,24,39H,2,4,11-12,14-15H2,1,3H3,(H,37,38,40)/b7-6+. The first kappa shape index (κ1) is 29.3. The van der Waals surface area contributed by atoms with Crippen LogP contribution in [-0.2, 0) is 6.42 Å². The molecule has 1 fully saturated rings. The van der Waals surface area contributed by atoms with Gasteiger partial charge in [0.1, 0.15) is 18.0 Å². The van der Waals surface area contributed by atoms with Crippen LogP contribution in [0.3, 0.4) is 0 Å². The lowest BCUT2D eigenvalue weighted by Crippen LogP contribution is -2.17. The molecule has 2 N–H and O–H groups in total. The van der Waals surface area contributed by atoms with Gasteiger partial charge in [0, 0.05) is 42.0 Å². The van der Waals surface area contributed by atoms with Gasteiger partial charge in [-0.2, -0.15) is 0 Å². The Bertz CT molecular complexity index is 1850. The van der Waals surface area contributed by atoms with Crippen LogP contribution in [0.2, 0.25) is 0 Å². The number of hydrogen-bond donors (Lipinski definition) is 2. The minimum absolute atomic E-state index is 0.319. The van der Waals surface area contributed by atoms with Crippen molar-refractivity contribution in [3.8, 4) is 11.5 Å². The molecule has 0 radical (unpaired) electrons. The zero-order chi connectivity index (χ0) is 30.6. The van der Waals surface area contributed by atoms with Gasteiger partial charge in [0.25, 0.3) is 0 Å². The largest absolute Gasteiger partial charge is 0.420 e. The number of allylic oxidation sites excluding steroid dienone is 2. The maximum atomic E-state index is 15.5. The number of fused-ring (bicyclic) bond motifs is 1. The molecule has 44 heavy (non-hydrogen) atoms. The Hall–Kier alpha value is -4.76. The molecule has 1 aliphatic rings. The van der Waals surface area contributed by atoms with Gasteiger partial charge in [-0.15, -0.1) is 21.8 Å². The van der Waals surface area contributed by atoms with Crippen molar-refractivity contribution in [3.63, 3.8) is 0 Å². The molecule has 0 saturated heterocycles. The molecule has 1 saturated carbocycles. The van der Waals surface area contributed by atoms with Crippen molar-refractivity contribution in [2.75, 3.05) is 35.0 Å². The minimum atomic E-state index is -0.378. The van der Waals surface area contributed by atoms with E-state index >= 15 is 4.39 Å². The second-order valence-electron chi connectivity index (χ2n) is 10.9. The van der Waals surface area contributed by atoms with Crippen LogP contribution >= 0.6 is 11.6 Å². The average Bonchev–Trinajstić information content (AvgIpc) is 3.76. The summed E-state index contributed by atoms with van der Waals surface area (Å²) < 4.78 is 21.3. The lowest BCUT2D eigenvalue weighted by Gasteiger charge is -2.23. The Labute approximate surface area is 260 Å². The number of aromatic nitrogens is 4. The molecule has 1 aliphatic carbocycles. The third kappa shape index (κ3) is 6.58. The van der Waals surface area contributed by atoms with E-state index in [4.69, 9.17) is 16.0 Å². The number of rotatable bonds is 12. The maximum Gasteiger partial charge on any atom is 0.247 e. The quantitative estimate of drug-likeness (QED) is 0.108. The number of benzene rings is 3. The number of halogens is 2. The topological polar surface area (TPSA) is 92.0 Å². The van der Waals surface area contributed by atoms with Gasteiger partial charge in [-0.25, -0.2) is 14.4 Å². The molecule has 3 aromatic carbocycles. The Morgan fingerprint density at radius 1 is 1.09 bits per heavy atom. The normalized spacial score (nSPS) is 13.0. The van der Waals surface area contributed by atoms with E-state index in [1.165, 1.54) is 6.33 Å². The van der Waals surface area contributed by atoms with Gasteiger partial charge in [0.05, 0.1) is 22.6 Å². The van der Waals surface area contributed by atoms with Gasteiger partial charge in [0.15, 0.2) is 0 Å². The predicted octanol–water partition coefficient (Wildman–Crippen LogP) is 8.21. The monoisotopic (exact) mass is 609 g/mol. The van der Waals surface area contributed by atoms with E-state index in [9.17, 15) is 0 Å². The van der Waals surface area contributed by atoms with E-state index in [1.54, 1.807) is 12.1 Å². The molecule has 0 amide bonds. The third-order valence-electron chi connectivity index (χ3n) is 7.58. The van der Waals surface area contributed by atoms with Crippen molar-refractivity contribution in [3.05, 3.63) is 108 Å². The second kappa shape index (κ2) is 12.9. The molecule has 224 valence electrons. The Morgan fingerprint density at radius 3 is 2.70 bits per heavy atom. The fraction of sp³-hybridized carbons (Fsp3) is 0.235. The predicted molar refractivity (Wildman–Crippen MR) is 175 cm³/mol. The molecule has 10 heteroatoms. The molecule has 0 atom stereocenters. The first-order valence-electron chi connectivity index (χ1n) is 14.6. The Kier molecular flexibility index (Phi) is 8.56. The molecule has 0 aliphatic heterocycles. The molecular formula is C34H33ClFN7O. The van der Waals surface area contributed by atoms with Crippen LogP contribution in [0, 0.1) is 5.82 Å². The summed E-state index contributed by atoms with van der Waals surface area (Å²) in [6.07, 6.45) is 7.88. The third-order valence-corrected chi connectivity index (χ3v) is 7.76. The van der Waals surface area contributed by atoms with E-state index in [2.05, 4.69) is 49.2 Å². The highest BCUT2D eigenvalue weighted by molar-refractivity contribution is 6.18. The van der Waals surface area contributed by atoms with Gasteiger partial charge in [0.2, 0.25) is 11.8 Å². The van der Waals surface area contributed by atoms with E-state index in [-0.39, 0.29) is 5.82 Å². The van der Waals surface area contributed by atoms with Gasteiger partial charge < -0.3 is 20.0 Å². The van der Waals surface area contributed by atoms with Crippen LogP contribution in [0.5, 0.6) is 0 Å². The van der Waals surface area contributed by atoms with Crippen LogP contribution in [0.15, 0.2) is 89.8 Å². The SMILES string of the molecule is C=C(/C=C/CCl)Nc1cc2c(Nc3ccc(Cc4cccc(-c5nnc(C6CC6)o5)c4)cc3F)ncnc2cc1N(C)CC. The summed E-state index contributed by atoms with van der Waals surface area (Å²) in [6.45, 7) is 6.95. The molecule has 0 spiro atoms. The maximum absolute atomic E-state index is 15.5. The minimum Gasteiger partial charge on any atom is -0.420 e. The molecule has 2 aromatic heterocycles. The zero-order valence-electron chi connectivity index (χ0n) is 24.6. The van der Waals surface area contributed by atoms with Crippen LogP contribution in [0.1, 0.15) is 42.7 Å². The number of hydrogen-bond acceptors (Lipinski definition) is 8. The van der Waals surface area contributed by atoms with Gasteiger partial charge >= 0.3 is 0 Å². The van der Waals surface area contributed by atoms with Crippen molar-refractivity contribution in [2.24, 2.45) is 0 Å². The lowest BCUT2D eigenvalue weighted by atomic mass is 10.0. The van der Waals surface area contributed by atoms with Gasteiger partial charge in [-0.3, -0.25) is 0 Å². The zero-order valence-corrected chi connectivity index (χ0v) is 25.4. The van der Waals surface area contributed by atoms with Crippen LogP contribution in [-0.4, -0.2) is 39.6 Å². The van der Waals surface area contributed by atoms with Gasteiger partial charge in [-0.1, -0.05) is 30.9 Å². The summed E-state index contributed by atoms with van der Waals surface area (Å²) >= 11 is 5.80. The first-order valence-corrected chi connectivity index (χ1v) is 15.1. The first-order chi connectivity index (χ1) is 21.4. The summed E-state index contributed by atoms with van der Waals surface area (Å²) in [5, 5.41) is 15.7. The van der Waals surface area contributed by atoms with E-state index in [0.29, 0.717) is 47.2 Å². The average molecular weight is 610 g/mol. The van der Waals surface area contributed by atoms with Gasteiger partial charge in [-0.05, 0) is 79.8 Å². The summed E-state index contributed by atoms with van der Waals surface area (Å²) in [6, 6.07) is 17.1. The van der Waals surface area contributed by atoms with E-state index < -0.39 is 0 Å². The second-order valence-corrected chi connectivity index (χ2v) is 11.2. The lowest BCUT2D eigenvalue weighted by molar-refractivity contribution is 0.508. The van der Waals surface area contributed by atoms with Crippen LogP contribution in [0.25, 0.3) is 22.4 Å². The molecule has 0 unspecified atom stereocenters. The summed E-state index contributed by atoms with van der Waals surface area (Å²) in [7, 11) is 2.01. The smallest absolute Gasteiger partial charge is 0.247 e. The molecule has 2 heterocycles. The van der Waals surface area contributed by atoms with Crippen molar-refractivity contribution in [1.82, 2.24) is 20.2 Å². The van der Waals surface area contributed by atoms with E-state index in [1.807, 2.05) is 61.7 Å². The molecule has 8 nitrogen and oxygen atoms in total. The number of alkyl halides is 1. The molecule has 0 bridgehead atoms. The van der Waals surface area contributed by atoms with E-state index in [0.717, 1.165) is 58.4 Å². The summed E-state index contributed by atoms with van der Waals surface area (Å²) in [4.78, 5) is 11.0. The molecular weight excluding hydrogens is 577 g/mol. The Morgan fingerprint density at radius 2 is 1.93 bits per heavy atom. The summed E-state index contributed by atoms with van der Waals surface area (Å²) in [5.41, 5.74) is 6.23. The van der Waals surface area contributed by atoms with Crippen LogP contribution < -0.4 is 15.5 Å². The fourth-order valence-corrected chi connectivity index (χ4v) is 5.06. The molecule has 5 aromatic rings. The highest BCUT2D eigenvalue weighted by atomic mass is 35.5. The van der Waals surface area contributed by atoms with Crippen molar-refractivity contribution in [1.29, 1.82) is 0 Å².